The Labute approximate surface area is 126 Å². The highest BCUT2D eigenvalue weighted by atomic mass is 79.9. The van der Waals surface area contributed by atoms with E-state index in [0.29, 0.717) is 5.56 Å². The van der Waals surface area contributed by atoms with Gasteiger partial charge < -0.3 is 4.74 Å². The molecular formula is C15H16BrFN2O. The molecule has 1 unspecified atom stereocenters. The molecule has 1 atom stereocenters. The van der Waals surface area contributed by atoms with Crippen LogP contribution in [0.3, 0.4) is 0 Å². The number of ether oxygens (including phenoxy) is 1. The minimum Gasteiger partial charge on any atom is -0.496 e. The quantitative estimate of drug-likeness (QED) is 0.663. The summed E-state index contributed by atoms with van der Waals surface area (Å²) in [5.41, 5.74) is 4.99. The molecule has 0 aromatic heterocycles. The van der Waals surface area contributed by atoms with Crippen molar-refractivity contribution in [1.29, 1.82) is 0 Å². The maximum atomic E-state index is 14.0. The molecule has 20 heavy (non-hydrogen) atoms. The van der Waals surface area contributed by atoms with Crippen LogP contribution < -0.4 is 16.0 Å². The summed E-state index contributed by atoms with van der Waals surface area (Å²) in [6.07, 6.45) is 0. The smallest absolute Gasteiger partial charge is 0.128 e. The maximum Gasteiger partial charge on any atom is 0.128 e. The number of nitrogens with two attached hydrogens (primary N) is 1. The Bertz CT molecular complexity index is 619. The van der Waals surface area contributed by atoms with Crippen molar-refractivity contribution in [2.75, 3.05) is 7.11 Å². The van der Waals surface area contributed by atoms with E-state index >= 15 is 0 Å². The van der Waals surface area contributed by atoms with Gasteiger partial charge >= 0.3 is 0 Å². The molecule has 0 aliphatic carbocycles. The van der Waals surface area contributed by atoms with E-state index in [1.54, 1.807) is 19.2 Å². The van der Waals surface area contributed by atoms with Crippen molar-refractivity contribution in [2.45, 2.75) is 13.0 Å². The van der Waals surface area contributed by atoms with E-state index in [-0.39, 0.29) is 5.82 Å². The van der Waals surface area contributed by atoms with E-state index in [9.17, 15) is 4.39 Å². The number of rotatable bonds is 4. The van der Waals surface area contributed by atoms with Crippen molar-refractivity contribution in [3.63, 3.8) is 0 Å². The molecule has 0 amide bonds. The zero-order chi connectivity index (χ0) is 14.7. The fourth-order valence-electron chi connectivity index (χ4n) is 2.12. The molecule has 0 heterocycles. The van der Waals surface area contributed by atoms with Crippen LogP contribution in [-0.2, 0) is 0 Å². The van der Waals surface area contributed by atoms with E-state index in [1.165, 1.54) is 6.07 Å². The first-order valence-electron chi connectivity index (χ1n) is 6.12. The number of halogens is 2. The van der Waals surface area contributed by atoms with Gasteiger partial charge in [-0.2, -0.15) is 0 Å². The molecule has 0 radical (unpaired) electrons. The van der Waals surface area contributed by atoms with Gasteiger partial charge in [0.05, 0.1) is 13.2 Å². The minimum atomic E-state index is -0.443. The maximum absolute atomic E-state index is 14.0. The summed E-state index contributed by atoms with van der Waals surface area (Å²) in [6, 6.07) is 10.0. The van der Waals surface area contributed by atoms with E-state index in [2.05, 4.69) is 21.4 Å². The highest BCUT2D eigenvalue weighted by Crippen LogP contribution is 2.29. The number of benzene rings is 2. The summed E-state index contributed by atoms with van der Waals surface area (Å²) in [5.74, 6) is 6.05. The summed E-state index contributed by atoms with van der Waals surface area (Å²) in [5, 5.41) is 0. The predicted octanol–water partition coefficient (Wildman–Crippen LogP) is 3.46. The van der Waals surface area contributed by atoms with Crippen LogP contribution in [0.1, 0.15) is 22.7 Å². The van der Waals surface area contributed by atoms with Crippen molar-refractivity contribution in [3.05, 3.63) is 63.4 Å². The summed E-state index contributed by atoms with van der Waals surface area (Å²) < 4.78 is 20.1. The van der Waals surface area contributed by atoms with Gasteiger partial charge in [-0.1, -0.05) is 28.1 Å². The molecule has 0 saturated heterocycles. The molecule has 2 rings (SSSR count). The summed E-state index contributed by atoms with van der Waals surface area (Å²) in [6.45, 7) is 1.95. The van der Waals surface area contributed by atoms with Crippen molar-refractivity contribution < 1.29 is 9.13 Å². The van der Waals surface area contributed by atoms with Gasteiger partial charge in [0.1, 0.15) is 11.6 Å². The minimum absolute atomic E-state index is 0.310. The zero-order valence-electron chi connectivity index (χ0n) is 11.3. The molecule has 2 aromatic carbocycles. The first kappa shape index (κ1) is 15.0. The lowest BCUT2D eigenvalue weighted by Crippen LogP contribution is -2.29. The van der Waals surface area contributed by atoms with Gasteiger partial charge in [-0.3, -0.25) is 5.84 Å². The second-order valence-corrected chi connectivity index (χ2v) is 5.41. The number of hydrazine groups is 1. The summed E-state index contributed by atoms with van der Waals surface area (Å²) >= 11 is 3.35. The predicted molar refractivity (Wildman–Crippen MR) is 81.0 cm³/mol. The highest BCUT2D eigenvalue weighted by Gasteiger charge is 2.18. The number of hydrogen-bond donors (Lipinski definition) is 2. The Kier molecular flexibility index (Phi) is 4.75. The second-order valence-electron chi connectivity index (χ2n) is 4.49. The van der Waals surface area contributed by atoms with Gasteiger partial charge in [-0.05, 0) is 42.3 Å². The fourth-order valence-corrected chi connectivity index (χ4v) is 2.50. The highest BCUT2D eigenvalue weighted by molar-refractivity contribution is 9.10. The first-order chi connectivity index (χ1) is 9.56. The van der Waals surface area contributed by atoms with Crippen LogP contribution in [-0.4, -0.2) is 7.11 Å². The number of methoxy groups -OCH3 is 1. The van der Waals surface area contributed by atoms with Crippen LogP contribution in [0, 0.1) is 12.7 Å². The molecule has 0 saturated carbocycles. The van der Waals surface area contributed by atoms with Crippen LogP contribution in [0.5, 0.6) is 5.75 Å². The van der Waals surface area contributed by atoms with Crippen molar-refractivity contribution in [1.82, 2.24) is 5.43 Å². The molecule has 106 valence electrons. The third-order valence-electron chi connectivity index (χ3n) is 3.20. The Balaban J connectivity index is 2.49. The second kappa shape index (κ2) is 6.35. The standard InChI is InChI=1S/C15H16BrFN2O/c1-9-3-4-10(7-14(9)20-2)15(19-18)12-8-11(16)5-6-13(12)17/h3-8,15,19H,18H2,1-2H3. The lowest BCUT2D eigenvalue weighted by molar-refractivity contribution is 0.410. The fraction of sp³-hybridized carbons (Fsp3) is 0.200. The molecule has 0 spiro atoms. The topological polar surface area (TPSA) is 47.3 Å². The van der Waals surface area contributed by atoms with Gasteiger partial charge in [0.2, 0.25) is 0 Å². The number of aryl methyl sites for hydroxylation is 1. The lowest BCUT2D eigenvalue weighted by Gasteiger charge is -2.19. The third kappa shape index (κ3) is 3.00. The number of hydrogen-bond acceptors (Lipinski definition) is 3. The molecule has 5 heteroatoms. The van der Waals surface area contributed by atoms with Gasteiger partial charge in [0.15, 0.2) is 0 Å². The van der Waals surface area contributed by atoms with E-state index in [0.717, 1.165) is 21.3 Å². The van der Waals surface area contributed by atoms with E-state index in [1.807, 2.05) is 25.1 Å². The van der Waals surface area contributed by atoms with Gasteiger partial charge in [-0.25, -0.2) is 9.82 Å². The Morgan fingerprint density at radius 1 is 1.25 bits per heavy atom. The molecular weight excluding hydrogens is 323 g/mol. The van der Waals surface area contributed by atoms with Crippen molar-refractivity contribution in [3.8, 4) is 5.75 Å². The van der Waals surface area contributed by atoms with Crippen LogP contribution in [0.4, 0.5) is 4.39 Å². The van der Waals surface area contributed by atoms with Crippen LogP contribution in [0.2, 0.25) is 0 Å². The molecule has 3 N–H and O–H groups in total. The van der Waals surface area contributed by atoms with Crippen molar-refractivity contribution in [2.24, 2.45) is 5.84 Å². The zero-order valence-corrected chi connectivity index (χ0v) is 12.9. The Hall–Kier alpha value is -1.43. The average molecular weight is 339 g/mol. The lowest BCUT2D eigenvalue weighted by atomic mass is 9.97. The van der Waals surface area contributed by atoms with Crippen LogP contribution in [0.15, 0.2) is 40.9 Å². The molecule has 2 aromatic rings. The van der Waals surface area contributed by atoms with Crippen LogP contribution >= 0.6 is 15.9 Å². The average Bonchev–Trinajstić information content (AvgIpc) is 2.45. The summed E-state index contributed by atoms with van der Waals surface area (Å²) in [7, 11) is 1.61. The first-order valence-corrected chi connectivity index (χ1v) is 6.91. The van der Waals surface area contributed by atoms with Gasteiger partial charge in [0, 0.05) is 10.0 Å². The van der Waals surface area contributed by atoms with E-state index < -0.39 is 6.04 Å². The molecule has 0 aliphatic heterocycles. The number of nitrogens with one attached hydrogen (secondary N) is 1. The largest absolute Gasteiger partial charge is 0.496 e. The Morgan fingerprint density at radius 2 is 2.00 bits per heavy atom. The van der Waals surface area contributed by atoms with E-state index in [4.69, 9.17) is 10.6 Å². The van der Waals surface area contributed by atoms with Gasteiger partial charge in [0.25, 0.3) is 0 Å². The SMILES string of the molecule is COc1cc(C(NN)c2cc(Br)ccc2F)ccc1C. The monoisotopic (exact) mass is 338 g/mol. The molecule has 3 nitrogen and oxygen atoms in total. The van der Waals surface area contributed by atoms with Gasteiger partial charge in [-0.15, -0.1) is 0 Å². The molecule has 0 aliphatic rings. The molecule has 0 fully saturated rings. The van der Waals surface area contributed by atoms with Crippen molar-refractivity contribution >= 4 is 15.9 Å². The third-order valence-corrected chi connectivity index (χ3v) is 3.69. The van der Waals surface area contributed by atoms with Crippen LogP contribution in [0.25, 0.3) is 0 Å². The molecule has 0 bridgehead atoms. The normalized spacial score (nSPS) is 12.2. The summed E-state index contributed by atoms with van der Waals surface area (Å²) in [4.78, 5) is 0. The Morgan fingerprint density at radius 3 is 2.65 bits per heavy atom.